The third kappa shape index (κ3) is 3.83. The third-order valence-corrected chi connectivity index (χ3v) is 3.53. The molecule has 0 aliphatic rings. The molecule has 0 heterocycles. The molecule has 17 heavy (non-hydrogen) atoms. The Kier molecular flexibility index (Phi) is 5.66. The average Bonchev–Trinajstić information content (AvgIpc) is 2.30. The molecular weight excluding hydrogens is 208 g/mol. The van der Waals surface area contributed by atoms with E-state index in [4.69, 9.17) is 0 Å². The van der Waals surface area contributed by atoms with Crippen LogP contribution < -0.4 is 10.6 Å². The molecule has 0 spiro atoms. The molecule has 0 aliphatic carbocycles. The van der Waals surface area contributed by atoms with Crippen LogP contribution in [0.25, 0.3) is 0 Å². The van der Waals surface area contributed by atoms with E-state index in [1.807, 2.05) is 7.05 Å². The summed E-state index contributed by atoms with van der Waals surface area (Å²) in [6, 6.07) is 5.11. The molecule has 0 aliphatic heterocycles. The van der Waals surface area contributed by atoms with E-state index < -0.39 is 0 Å². The third-order valence-electron chi connectivity index (χ3n) is 3.53. The van der Waals surface area contributed by atoms with Crippen molar-refractivity contribution in [2.75, 3.05) is 20.6 Å². The van der Waals surface area contributed by atoms with Crippen LogP contribution in [-0.4, -0.2) is 20.6 Å². The standard InChI is InChI=1S/C15H26N2/c1-11-9-13(3)14(10-12(11)2)15(17-5)7-6-8-16-4/h9-10,15-17H,6-8H2,1-5H3. The highest BCUT2D eigenvalue weighted by Gasteiger charge is 2.12. The van der Waals surface area contributed by atoms with E-state index in [0.29, 0.717) is 6.04 Å². The van der Waals surface area contributed by atoms with E-state index >= 15 is 0 Å². The van der Waals surface area contributed by atoms with E-state index in [9.17, 15) is 0 Å². The van der Waals surface area contributed by atoms with Gasteiger partial charge in [0.25, 0.3) is 0 Å². The summed E-state index contributed by atoms with van der Waals surface area (Å²) in [6.45, 7) is 7.67. The maximum atomic E-state index is 3.44. The van der Waals surface area contributed by atoms with Crippen molar-refractivity contribution in [1.29, 1.82) is 0 Å². The monoisotopic (exact) mass is 234 g/mol. The van der Waals surface area contributed by atoms with Gasteiger partial charge in [-0.2, -0.15) is 0 Å². The van der Waals surface area contributed by atoms with Crippen LogP contribution in [-0.2, 0) is 0 Å². The first kappa shape index (κ1) is 14.2. The van der Waals surface area contributed by atoms with Crippen LogP contribution in [0.3, 0.4) is 0 Å². The zero-order valence-corrected chi connectivity index (χ0v) is 11.9. The first-order chi connectivity index (χ1) is 8.10. The maximum absolute atomic E-state index is 3.44. The second-order valence-electron chi connectivity index (χ2n) is 4.88. The Morgan fingerprint density at radius 2 is 1.65 bits per heavy atom. The lowest BCUT2D eigenvalue weighted by Gasteiger charge is -2.20. The van der Waals surface area contributed by atoms with Crippen LogP contribution in [0.15, 0.2) is 12.1 Å². The van der Waals surface area contributed by atoms with Crippen molar-refractivity contribution >= 4 is 0 Å². The summed E-state index contributed by atoms with van der Waals surface area (Å²) in [5, 5.41) is 6.64. The highest BCUT2D eigenvalue weighted by Crippen LogP contribution is 2.24. The number of benzene rings is 1. The number of aryl methyl sites for hydroxylation is 3. The lowest BCUT2D eigenvalue weighted by atomic mass is 9.93. The summed E-state index contributed by atoms with van der Waals surface area (Å²) in [5.41, 5.74) is 5.62. The SMILES string of the molecule is CNCCCC(NC)c1cc(C)c(C)cc1C. The second-order valence-corrected chi connectivity index (χ2v) is 4.88. The van der Waals surface area contributed by atoms with Gasteiger partial charge in [0.2, 0.25) is 0 Å². The van der Waals surface area contributed by atoms with Crippen molar-refractivity contribution in [2.24, 2.45) is 0 Å². The molecule has 0 aromatic heterocycles. The van der Waals surface area contributed by atoms with Gasteiger partial charge in [0.1, 0.15) is 0 Å². The molecule has 0 saturated heterocycles. The lowest BCUT2D eigenvalue weighted by Crippen LogP contribution is -2.19. The molecule has 1 atom stereocenters. The molecule has 1 aromatic rings. The predicted octanol–water partition coefficient (Wildman–Crippen LogP) is 2.87. The Morgan fingerprint density at radius 1 is 1.00 bits per heavy atom. The lowest BCUT2D eigenvalue weighted by molar-refractivity contribution is 0.516. The van der Waals surface area contributed by atoms with Gasteiger partial charge in [-0.15, -0.1) is 0 Å². The summed E-state index contributed by atoms with van der Waals surface area (Å²) in [4.78, 5) is 0. The first-order valence-corrected chi connectivity index (χ1v) is 6.49. The van der Waals surface area contributed by atoms with Crippen molar-refractivity contribution in [3.05, 3.63) is 34.4 Å². The number of hydrogen-bond acceptors (Lipinski definition) is 2. The van der Waals surface area contributed by atoms with Crippen LogP contribution >= 0.6 is 0 Å². The Hall–Kier alpha value is -0.860. The zero-order chi connectivity index (χ0) is 12.8. The highest BCUT2D eigenvalue weighted by molar-refractivity contribution is 5.38. The summed E-state index contributed by atoms with van der Waals surface area (Å²) in [5.74, 6) is 0. The fourth-order valence-electron chi connectivity index (χ4n) is 2.30. The topological polar surface area (TPSA) is 24.1 Å². The molecule has 2 N–H and O–H groups in total. The minimum absolute atomic E-state index is 0.475. The van der Waals surface area contributed by atoms with Crippen molar-refractivity contribution in [1.82, 2.24) is 10.6 Å². The van der Waals surface area contributed by atoms with Gasteiger partial charge in [-0.3, -0.25) is 0 Å². The molecule has 2 heteroatoms. The second kappa shape index (κ2) is 6.77. The summed E-state index contributed by atoms with van der Waals surface area (Å²) >= 11 is 0. The van der Waals surface area contributed by atoms with E-state index in [1.54, 1.807) is 0 Å². The van der Waals surface area contributed by atoms with Crippen molar-refractivity contribution in [3.63, 3.8) is 0 Å². The number of nitrogens with one attached hydrogen (secondary N) is 2. The van der Waals surface area contributed by atoms with Crippen LogP contribution in [0.2, 0.25) is 0 Å². The smallest absolute Gasteiger partial charge is 0.0320 e. The highest BCUT2D eigenvalue weighted by atomic mass is 14.9. The van der Waals surface area contributed by atoms with Crippen LogP contribution in [0.5, 0.6) is 0 Å². The van der Waals surface area contributed by atoms with Gasteiger partial charge in [0.15, 0.2) is 0 Å². The molecule has 0 saturated carbocycles. The summed E-state index contributed by atoms with van der Waals surface area (Å²) < 4.78 is 0. The van der Waals surface area contributed by atoms with Gasteiger partial charge < -0.3 is 10.6 Å². The van der Waals surface area contributed by atoms with Gasteiger partial charge in [-0.1, -0.05) is 12.1 Å². The molecule has 2 nitrogen and oxygen atoms in total. The van der Waals surface area contributed by atoms with Crippen molar-refractivity contribution < 1.29 is 0 Å². The largest absolute Gasteiger partial charge is 0.320 e. The minimum Gasteiger partial charge on any atom is -0.320 e. The van der Waals surface area contributed by atoms with Crippen LogP contribution in [0, 0.1) is 20.8 Å². The molecule has 0 amide bonds. The Balaban J connectivity index is 2.84. The van der Waals surface area contributed by atoms with E-state index in [-0.39, 0.29) is 0 Å². The van der Waals surface area contributed by atoms with Gasteiger partial charge in [0.05, 0.1) is 0 Å². The van der Waals surface area contributed by atoms with E-state index in [2.05, 4.69) is 50.6 Å². The Bertz CT molecular complexity index is 358. The van der Waals surface area contributed by atoms with Crippen LogP contribution in [0.1, 0.15) is 41.1 Å². The summed E-state index contributed by atoms with van der Waals surface area (Å²) in [6.07, 6.45) is 2.38. The van der Waals surface area contributed by atoms with E-state index in [0.717, 1.165) is 6.54 Å². The fourth-order valence-corrected chi connectivity index (χ4v) is 2.30. The van der Waals surface area contributed by atoms with Crippen molar-refractivity contribution in [2.45, 2.75) is 39.7 Å². The van der Waals surface area contributed by atoms with Crippen LogP contribution in [0.4, 0.5) is 0 Å². The molecule has 0 radical (unpaired) electrons. The normalized spacial score (nSPS) is 12.8. The minimum atomic E-state index is 0.475. The molecule has 0 fully saturated rings. The Labute approximate surface area is 106 Å². The molecule has 1 rings (SSSR count). The number of rotatable bonds is 6. The van der Waals surface area contributed by atoms with Gasteiger partial charge in [-0.25, -0.2) is 0 Å². The predicted molar refractivity (Wildman–Crippen MR) is 75.6 cm³/mol. The first-order valence-electron chi connectivity index (χ1n) is 6.49. The molecule has 96 valence electrons. The van der Waals surface area contributed by atoms with Gasteiger partial charge in [0, 0.05) is 6.04 Å². The van der Waals surface area contributed by atoms with Gasteiger partial charge >= 0.3 is 0 Å². The maximum Gasteiger partial charge on any atom is 0.0320 e. The van der Waals surface area contributed by atoms with Crippen molar-refractivity contribution in [3.8, 4) is 0 Å². The molecule has 1 unspecified atom stereocenters. The molecule has 1 aromatic carbocycles. The summed E-state index contributed by atoms with van der Waals surface area (Å²) in [7, 11) is 4.06. The number of hydrogen-bond donors (Lipinski definition) is 2. The zero-order valence-electron chi connectivity index (χ0n) is 11.9. The molecule has 0 bridgehead atoms. The van der Waals surface area contributed by atoms with Gasteiger partial charge in [-0.05, 0) is 76.5 Å². The average molecular weight is 234 g/mol. The quantitative estimate of drug-likeness (QED) is 0.740. The Morgan fingerprint density at radius 3 is 2.24 bits per heavy atom. The fraction of sp³-hybridized carbons (Fsp3) is 0.600. The van der Waals surface area contributed by atoms with E-state index in [1.165, 1.54) is 35.1 Å². The molecular formula is C15H26N2.